The molecule has 1 atom stereocenters. The van der Waals surface area contributed by atoms with Crippen LogP contribution in [0.15, 0.2) is 82.0 Å². The normalized spacial score (nSPS) is 14.6. The Balaban J connectivity index is 1.48. The van der Waals surface area contributed by atoms with E-state index in [9.17, 15) is 9.59 Å². The topological polar surface area (TPSA) is 94.8 Å². The lowest BCUT2D eigenvalue weighted by Crippen LogP contribution is -2.29. The van der Waals surface area contributed by atoms with Crippen molar-refractivity contribution in [2.45, 2.75) is 26.0 Å². The van der Waals surface area contributed by atoms with E-state index >= 15 is 0 Å². The fourth-order valence-electron chi connectivity index (χ4n) is 4.63. The van der Waals surface area contributed by atoms with Gasteiger partial charge in [-0.05, 0) is 41.8 Å². The highest BCUT2D eigenvalue weighted by Crippen LogP contribution is 2.44. The summed E-state index contributed by atoms with van der Waals surface area (Å²) in [4.78, 5) is 29.0. The fourth-order valence-corrected chi connectivity index (χ4v) is 5.43. The second-order valence-electron chi connectivity index (χ2n) is 8.76. The molecule has 0 N–H and O–H groups in total. The number of amides is 1. The van der Waals surface area contributed by atoms with Gasteiger partial charge in [0.25, 0.3) is 5.91 Å². The van der Waals surface area contributed by atoms with Gasteiger partial charge in [-0.1, -0.05) is 66.8 Å². The lowest BCUT2D eigenvalue weighted by Gasteiger charge is -2.23. The zero-order valence-electron chi connectivity index (χ0n) is 20.7. The van der Waals surface area contributed by atoms with Crippen molar-refractivity contribution in [1.82, 2.24) is 10.2 Å². The van der Waals surface area contributed by atoms with E-state index in [1.54, 1.807) is 43.5 Å². The molecule has 0 saturated carbocycles. The predicted molar refractivity (Wildman–Crippen MR) is 144 cm³/mol. The van der Waals surface area contributed by atoms with Crippen LogP contribution in [0.4, 0.5) is 5.13 Å². The first-order valence-electron chi connectivity index (χ1n) is 12.2. The summed E-state index contributed by atoms with van der Waals surface area (Å²) in [5.41, 5.74) is 2.05. The molecule has 0 spiro atoms. The number of para-hydroxylation sites is 1. The summed E-state index contributed by atoms with van der Waals surface area (Å²) in [7, 11) is 1.56. The maximum Gasteiger partial charge on any atom is 0.297 e. The van der Waals surface area contributed by atoms with Gasteiger partial charge in [0.15, 0.2) is 16.9 Å². The highest BCUT2D eigenvalue weighted by molar-refractivity contribution is 7.15. The Hall–Kier alpha value is -4.50. The van der Waals surface area contributed by atoms with Crippen molar-refractivity contribution in [2.24, 2.45) is 0 Å². The Bertz CT molecular complexity index is 1710. The van der Waals surface area contributed by atoms with Crippen molar-refractivity contribution in [3.63, 3.8) is 0 Å². The van der Waals surface area contributed by atoms with Crippen LogP contribution in [0.25, 0.3) is 11.0 Å². The average molecular weight is 526 g/mol. The number of aromatic nitrogens is 2. The Morgan fingerprint density at radius 3 is 2.53 bits per heavy atom. The molecular weight excluding hydrogens is 502 g/mol. The van der Waals surface area contributed by atoms with Crippen LogP contribution < -0.4 is 19.8 Å². The third-order valence-corrected chi connectivity index (χ3v) is 7.55. The average Bonchev–Trinajstić information content (AvgIpc) is 3.55. The van der Waals surface area contributed by atoms with Crippen LogP contribution in [0.2, 0.25) is 0 Å². The maximum absolute atomic E-state index is 13.7. The highest BCUT2D eigenvalue weighted by atomic mass is 32.1. The van der Waals surface area contributed by atoms with E-state index in [1.165, 1.54) is 16.2 Å². The molecule has 38 heavy (non-hydrogen) atoms. The summed E-state index contributed by atoms with van der Waals surface area (Å²) in [6.45, 7) is 2.34. The molecule has 0 bridgehead atoms. The molecule has 3 heterocycles. The van der Waals surface area contributed by atoms with E-state index in [4.69, 9.17) is 13.9 Å². The SMILES string of the molecule is CCc1nnc(N2C(=O)c3oc4ccccc4c(=O)c3C2c2ccc(OCc3ccccc3)c(OC)c2)s1. The number of fused-ring (bicyclic) bond motifs is 2. The van der Waals surface area contributed by atoms with Gasteiger partial charge in [0.05, 0.1) is 24.1 Å². The van der Waals surface area contributed by atoms with Gasteiger partial charge in [-0.2, -0.15) is 0 Å². The highest BCUT2D eigenvalue weighted by Gasteiger charge is 2.45. The van der Waals surface area contributed by atoms with Crippen LogP contribution in [-0.4, -0.2) is 23.2 Å². The number of carbonyl (C=O) groups excluding carboxylic acids is 1. The molecule has 1 amide bonds. The van der Waals surface area contributed by atoms with Crippen LogP contribution in [0.3, 0.4) is 0 Å². The number of methoxy groups -OCH3 is 1. The number of anilines is 1. The van der Waals surface area contributed by atoms with Gasteiger partial charge in [-0.15, -0.1) is 10.2 Å². The molecule has 190 valence electrons. The van der Waals surface area contributed by atoms with Gasteiger partial charge in [0, 0.05) is 0 Å². The second kappa shape index (κ2) is 9.75. The molecule has 1 aliphatic heterocycles. The summed E-state index contributed by atoms with van der Waals surface area (Å²) >= 11 is 1.32. The predicted octanol–water partition coefficient (Wildman–Crippen LogP) is 5.54. The van der Waals surface area contributed by atoms with Crippen molar-refractivity contribution in [2.75, 3.05) is 12.0 Å². The van der Waals surface area contributed by atoms with Crippen LogP contribution in [0.5, 0.6) is 11.5 Å². The third-order valence-electron chi connectivity index (χ3n) is 6.48. The van der Waals surface area contributed by atoms with Crippen LogP contribution >= 0.6 is 11.3 Å². The van der Waals surface area contributed by atoms with E-state index in [2.05, 4.69) is 10.2 Å². The fraction of sp³-hybridized carbons (Fsp3) is 0.172. The summed E-state index contributed by atoms with van der Waals surface area (Å²) in [5, 5.41) is 10.1. The van der Waals surface area contributed by atoms with Crippen molar-refractivity contribution in [3.8, 4) is 11.5 Å². The van der Waals surface area contributed by atoms with Gasteiger partial charge >= 0.3 is 0 Å². The Morgan fingerprint density at radius 1 is 0.974 bits per heavy atom. The minimum Gasteiger partial charge on any atom is -0.493 e. The quantitative estimate of drug-likeness (QED) is 0.275. The number of hydrogen-bond donors (Lipinski definition) is 0. The third kappa shape index (κ3) is 4.01. The number of benzene rings is 3. The second-order valence-corrected chi connectivity index (χ2v) is 9.80. The molecule has 0 aliphatic carbocycles. The van der Waals surface area contributed by atoms with Crippen LogP contribution in [0, 0.1) is 0 Å². The van der Waals surface area contributed by atoms with Crippen LogP contribution in [-0.2, 0) is 13.0 Å². The molecule has 8 nitrogen and oxygen atoms in total. The molecule has 1 unspecified atom stereocenters. The summed E-state index contributed by atoms with van der Waals surface area (Å²) in [6.07, 6.45) is 0.680. The largest absolute Gasteiger partial charge is 0.493 e. The standard InChI is InChI=1S/C29H23N3O5S/c1-3-23-30-31-29(38-23)32-25(24-26(33)19-11-7-8-12-20(19)37-27(24)28(32)34)18-13-14-21(22(15-18)35-2)36-16-17-9-5-4-6-10-17/h4-15,25H,3,16H2,1-2H3. The Kier molecular flexibility index (Phi) is 6.13. The van der Waals surface area contributed by atoms with Gasteiger partial charge in [0.1, 0.15) is 17.2 Å². The molecule has 0 saturated heterocycles. The van der Waals surface area contributed by atoms with Crippen molar-refractivity contribution < 1.29 is 18.7 Å². The van der Waals surface area contributed by atoms with Gasteiger partial charge in [-0.3, -0.25) is 14.5 Å². The first-order chi connectivity index (χ1) is 18.6. The zero-order valence-corrected chi connectivity index (χ0v) is 21.5. The van der Waals surface area contributed by atoms with E-state index < -0.39 is 11.9 Å². The van der Waals surface area contributed by atoms with Crippen molar-refractivity contribution >= 4 is 33.3 Å². The molecule has 6 rings (SSSR count). The minimum atomic E-state index is -0.770. The zero-order chi connectivity index (χ0) is 26.2. The lowest BCUT2D eigenvalue weighted by molar-refractivity contribution is 0.0970. The molecular formula is C29H23N3O5S. The number of hydrogen-bond acceptors (Lipinski definition) is 8. The number of rotatable bonds is 7. The monoisotopic (exact) mass is 525 g/mol. The lowest BCUT2D eigenvalue weighted by atomic mass is 9.98. The molecule has 2 aromatic heterocycles. The summed E-state index contributed by atoms with van der Waals surface area (Å²) in [5.74, 6) is 0.604. The summed E-state index contributed by atoms with van der Waals surface area (Å²) in [6, 6.07) is 21.4. The summed E-state index contributed by atoms with van der Waals surface area (Å²) < 4.78 is 17.7. The van der Waals surface area contributed by atoms with Gasteiger partial charge in [0.2, 0.25) is 10.9 Å². The van der Waals surface area contributed by atoms with E-state index in [0.717, 1.165) is 10.6 Å². The molecule has 3 aromatic carbocycles. The molecule has 0 radical (unpaired) electrons. The Labute approximate surface area is 222 Å². The molecule has 9 heteroatoms. The van der Waals surface area contributed by atoms with Gasteiger partial charge in [-0.25, -0.2) is 0 Å². The number of carbonyl (C=O) groups is 1. The number of aryl methyl sites for hydroxylation is 1. The van der Waals surface area contributed by atoms with Crippen molar-refractivity contribution in [1.29, 1.82) is 0 Å². The molecule has 5 aromatic rings. The smallest absolute Gasteiger partial charge is 0.297 e. The van der Waals surface area contributed by atoms with Gasteiger partial charge < -0.3 is 13.9 Å². The van der Waals surface area contributed by atoms with Crippen molar-refractivity contribution in [3.05, 3.63) is 110 Å². The van der Waals surface area contributed by atoms with E-state index in [1.807, 2.05) is 43.3 Å². The molecule has 0 fully saturated rings. The number of nitrogens with zero attached hydrogens (tertiary/aromatic N) is 3. The number of ether oxygens (including phenoxy) is 2. The molecule has 1 aliphatic rings. The van der Waals surface area contributed by atoms with E-state index in [0.29, 0.717) is 46.2 Å². The van der Waals surface area contributed by atoms with E-state index in [-0.39, 0.29) is 16.8 Å². The first-order valence-corrected chi connectivity index (χ1v) is 13.0. The van der Waals surface area contributed by atoms with Crippen LogP contribution in [0.1, 0.15) is 45.2 Å². The minimum absolute atomic E-state index is 0.00956. The maximum atomic E-state index is 13.7. The Morgan fingerprint density at radius 2 is 1.76 bits per heavy atom. The first kappa shape index (κ1) is 23.9.